The lowest BCUT2D eigenvalue weighted by Crippen LogP contribution is -2.17. The first kappa shape index (κ1) is 15.3. The van der Waals surface area contributed by atoms with Crippen molar-refractivity contribution in [2.45, 2.75) is 6.92 Å². The van der Waals surface area contributed by atoms with Crippen LogP contribution in [0.3, 0.4) is 0 Å². The molecule has 0 aliphatic heterocycles. The highest BCUT2D eigenvalue weighted by atomic mass is 79.9. The van der Waals surface area contributed by atoms with E-state index >= 15 is 0 Å². The molecule has 0 fully saturated rings. The number of amides is 1. The van der Waals surface area contributed by atoms with Crippen LogP contribution >= 0.6 is 15.9 Å². The molecule has 108 valence electrons. The molecule has 1 amide bonds. The Hall–Kier alpha value is -2.14. The van der Waals surface area contributed by atoms with Crippen LogP contribution in [0.2, 0.25) is 0 Å². The van der Waals surface area contributed by atoms with Gasteiger partial charge in [0, 0.05) is 15.6 Å². The third-order valence-corrected chi connectivity index (χ3v) is 3.33. The number of nitrogens with one attached hydrogen (secondary N) is 1. The van der Waals surface area contributed by atoms with Gasteiger partial charge in [0.25, 0.3) is 5.91 Å². The number of benzene rings is 2. The molecule has 0 saturated heterocycles. The minimum atomic E-state index is -0.246. The summed E-state index contributed by atoms with van der Waals surface area (Å²) in [6, 6.07) is 12.9. The van der Waals surface area contributed by atoms with Crippen LogP contribution in [0.25, 0.3) is 0 Å². The Morgan fingerprint density at radius 2 is 2.10 bits per heavy atom. The highest BCUT2D eigenvalue weighted by Gasteiger charge is 2.04. The van der Waals surface area contributed by atoms with Crippen molar-refractivity contribution >= 4 is 28.1 Å². The summed E-state index contributed by atoms with van der Waals surface area (Å²) >= 11 is 3.39. The van der Waals surface area contributed by atoms with Gasteiger partial charge in [0.05, 0.1) is 13.3 Å². The predicted molar refractivity (Wildman–Crippen MR) is 86.9 cm³/mol. The summed E-state index contributed by atoms with van der Waals surface area (Å²) in [5.41, 5.74) is 4.88. The smallest absolute Gasteiger partial charge is 0.271 e. The molecule has 0 aliphatic rings. The van der Waals surface area contributed by atoms with Gasteiger partial charge in [0.1, 0.15) is 5.75 Å². The van der Waals surface area contributed by atoms with E-state index in [1.165, 1.54) is 0 Å². The van der Waals surface area contributed by atoms with Gasteiger partial charge in [0.2, 0.25) is 0 Å². The number of hydrogen-bond acceptors (Lipinski definition) is 3. The maximum Gasteiger partial charge on any atom is 0.271 e. The number of ether oxygens (including phenoxy) is 1. The van der Waals surface area contributed by atoms with Crippen LogP contribution in [-0.2, 0) is 0 Å². The summed E-state index contributed by atoms with van der Waals surface area (Å²) in [5.74, 6) is 0.440. The first-order valence-electron chi connectivity index (χ1n) is 6.34. The van der Waals surface area contributed by atoms with Gasteiger partial charge in [-0.1, -0.05) is 33.6 Å². The van der Waals surface area contributed by atoms with Gasteiger partial charge in [0.15, 0.2) is 0 Å². The lowest BCUT2D eigenvalue weighted by atomic mass is 10.1. The van der Waals surface area contributed by atoms with Gasteiger partial charge in [-0.2, -0.15) is 5.10 Å². The number of carbonyl (C=O) groups excluding carboxylic acids is 1. The standard InChI is InChI=1S/C16H15BrN2O2/c1-11-4-3-5-12(8-11)16(20)19-18-10-13-9-14(17)6-7-15(13)21-2/h3-10H,1-2H3,(H,19,20)/b18-10+. The van der Waals surface area contributed by atoms with Gasteiger partial charge in [-0.25, -0.2) is 5.43 Å². The van der Waals surface area contributed by atoms with Crippen molar-refractivity contribution in [3.63, 3.8) is 0 Å². The molecule has 0 aliphatic carbocycles. The van der Waals surface area contributed by atoms with Crippen molar-refractivity contribution in [2.24, 2.45) is 5.10 Å². The summed E-state index contributed by atoms with van der Waals surface area (Å²) in [7, 11) is 1.59. The van der Waals surface area contributed by atoms with Crippen LogP contribution in [0.15, 0.2) is 52.0 Å². The van der Waals surface area contributed by atoms with E-state index in [0.29, 0.717) is 11.3 Å². The number of nitrogens with zero attached hydrogens (tertiary/aromatic N) is 1. The van der Waals surface area contributed by atoms with Crippen LogP contribution in [0.4, 0.5) is 0 Å². The summed E-state index contributed by atoms with van der Waals surface area (Å²) in [6.45, 7) is 1.94. The number of aryl methyl sites for hydroxylation is 1. The molecule has 0 bridgehead atoms. The topological polar surface area (TPSA) is 50.7 Å². The molecular formula is C16H15BrN2O2. The SMILES string of the molecule is COc1ccc(Br)cc1/C=N/NC(=O)c1cccc(C)c1. The Balaban J connectivity index is 2.09. The minimum Gasteiger partial charge on any atom is -0.496 e. The summed E-state index contributed by atoms with van der Waals surface area (Å²) in [5, 5.41) is 3.97. The third-order valence-electron chi connectivity index (χ3n) is 2.84. The molecule has 2 aromatic rings. The molecule has 0 aromatic heterocycles. The van der Waals surface area contributed by atoms with E-state index in [4.69, 9.17) is 4.74 Å². The van der Waals surface area contributed by atoms with Crippen molar-refractivity contribution < 1.29 is 9.53 Å². The highest BCUT2D eigenvalue weighted by molar-refractivity contribution is 9.10. The lowest BCUT2D eigenvalue weighted by Gasteiger charge is -2.05. The zero-order chi connectivity index (χ0) is 15.2. The quantitative estimate of drug-likeness (QED) is 0.680. The maximum absolute atomic E-state index is 11.9. The predicted octanol–water partition coefficient (Wildman–Crippen LogP) is 3.53. The van der Waals surface area contributed by atoms with Crippen LogP contribution in [-0.4, -0.2) is 19.2 Å². The van der Waals surface area contributed by atoms with Crippen LogP contribution < -0.4 is 10.2 Å². The monoisotopic (exact) mass is 346 g/mol. The largest absolute Gasteiger partial charge is 0.496 e. The highest BCUT2D eigenvalue weighted by Crippen LogP contribution is 2.21. The second-order valence-corrected chi connectivity index (χ2v) is 5.37. The van der Waals surface area contributed by atoms with Crippen molar-refractivity contribution in [1.29, 1.82) is 0 Å². The maximum atomic E-state index is 11.9. The number of hydrazone groups is 1. The van der Waals surface area contributed by atoms with Crippen molar-refractivity contribution in [3.05, 3.63) is 63.6 Å². The molecule has 1 N–H and O–H groups in total. The number of carbonyl (C=O) groups is 1. The molecular weight excluding hydrogens is 332 g/mol. The molecule has 0 radical (unpaired) electrons. The first-order chi connectivity index (χ1) is 10.1. The van der Waals surface area contributed by atoms with Crippen LogP contribution in [0.1, 0.15) is 21.5 Å². The van der Waals surface area contributed by atoms with E-state index in [2.05, 4.69) is 26.5 Å². The zero-order valence-corrected chi connectivity index (χ0v) is 13.3. The zero-order valence-electron chi connectivity index (χ0n) is 11.8. The molecule has 0 spiro atoms. The van der Waals surface area contributed by atoms with Crippen molar-refractivity contribution in [1.82, 2.24) is 5.43 Å². The Morgan fingerprint density at radius 3 is 2.81 bits per heavy atom. The molecule has 2 rings (SSSR count). The molecule has 4 nitrogen and oxygen atoms in total. The normalized spacial score (nSPS) is 10.6. The van der Waals surface area contributed by atoms with Gasteiger partial charge >= 0.3 is 0 Å². The fourth-order valence-corrected chi connectivity index (χ4v) is 2.20. The number of methoxy groups -OCH3 is 1. The molecule has 0 saturated carbocycles. The first-order valence-corrected chi connectivity index (χ1v) is 7.13. The molecule has 0 atom stereocenters. The van der Waals surface area contributed by atoms with Gasteiger partial charge in [-0.3, -0.25) is 4.79 Å². The van der Waals surface area contributed by atoms with Gasteiger partial charge in [-0.05, 0) is 37.3 Å². The van der Waals surface area contributed by atoms with E-state index in [1.54, 1.807) is 19.4 Å². The number of rotatable bonds is 4. The summed E-state index contributed by atoms with van der Waals surface area (Å²) < 4.78 is 6.15. The van der Waals surface area contributed by atoms with Crippen molar-refractivity contribution in [2.75, 3.05) is 7.11 Å². The number of halogens is 1. The van der Waals surface area contributed by atoms with Crippen LogP contribution in [0, 0.1) is 6.92 Å². The average molecular weight is 347 g/mol. The molecule has 5 heteroatoms. The lowest BCUT2D eigenvalue weighted by molar-refractivity contribution is 0.0955. The summed E-state index contributed by atoms with van der Waals surface area (Å²) in [6.07, 6.45) is 1.55. The molecule has 0 heterocycles. The van der Waals surface area contributed by atoms with E-state index in [9.17, 15) is 4.79 Å². The Bertz CT molecular complexity index is 684. The fraction of sp³-hybridized carbons (Fsp3) is 0.125. The van der Waals surface area contributed by atoms with Crippen LogP contribution in [0.5, 0.6) is 5.75 Å². The average Bonchev–Trinajstić information content (AvgIpc) is 2.47. The molecule has 0 unspecified atom stereocenters. The van der Waals surface area contributed by atoms with Crippen molar-refractivity contribution in [3.8, 4) is 5.75 Å². The molecule has 21 heavy (non-hydrogen) atoms. The van der Waals surface area contributed by atoms with Gasteiger partial charge < -0.3 is 4.74 Å². The third kappa shape index (κ3) is 4.16. The second kappa shape index (κ2) is 7.04. The van der Waals surface area contributed by atoms with E-state index in [1.807, 2.05) is 43.3 Å². The Labute approximate surface area is 132 Å². The summed E-state index contributed by atoms with van der Waals surface area (Å²) in [4.78, 5) is 11.9. The Morgan fingerprint density at radius 1 is 1.29 bits per heavy atom. The number of hydrogen-bond donors (Lipinski definition) is 1. The van der Waals surface area contributed by atoms with Gasteiger partial charge in [-0.15, -0.1) is 0 Å². The fourth-order valence-electron chi connectivity index (χ4n) is 1.82. The molecule has 2 aromatic carbocycles. The Kier molecular flexibility index (Phi) is 5.11. The second-order valence-electron chi connectivity index (χ2n) is 4.45. The van der Waals surface area contributed by atoms with E-state index < -0.39 is 0 Å². The van der Waals surface area contributed by atoms with E-state index in [-0.39, 0.29) is 5.91 Å². The minimum absolute atomic E-state index is 0.246. The van der Waals surface area contributed by atoms with E-state index in [0.717, 1.165) is 15.6 Å².